The van der Waals surface area contributed by atoms with E-state index in [0.29, 0.717) is 0 Å². The molecule has 1 aliphatic heterocycles. The van der Waals surface area contributed by atoms with Crippen LogP contribution in [0.3, 0.4) is 0 Å². The quantitative estimate of drug-likeness (QED) is 0.733. The van der Waals surface area contributed by atoms with Gasteiger partial charge in [-0.25, -0.2) is 4.39 Å². The third kappa shape index (κ3) is 1.69. The molecule has 0 spiro atoms. The summed E-state index contributed by atoms with van der Waals surface area (Å²) in [5.41, 5.74) is 2.23. The minimum atomic E-state index is -0.353. The monoisotopic (exact) mass is 199 g/mol. The molecular weight excluding hydrogens is 189 g/mol. The number of hydrogen-bond donors (Lipinski definition) is 1. The predicted molar refractivity (Wildman–Crippen MR) is 51.9 cm³/mol. The summed E-state index contributed by atoms with van der Waals surface area (Å²) in [6.45, 7) is 0.483. The van der Waals surface area contributed by atoms with E-state index < -0.39 is 0 Å². The van der Waals surface area contributed by atoms with Crippen molar-refractivity contribution in [2.45, 2.75) is 12.5 Å². The molecule has 1 heterocycles. The van der Waals surface area contributed by atoms with Gasteiger partial charge in [0, 0.05) is 5.02 Å². The minimum Gasteiger partial charge on any atom is -0.307 e. The zero-order chi connectivity index (χ0) is 9.26. The third-order valence-electron chi connectivity index (χ3n) is 2.42. The van der Waals surface area contributed by atoms with Gasteiger partial charge in [0.25, 0.3) is 0 Å². The first-order valence-corrected chi connectivity index (χ1v) is 4.76. The molecule has 0 saturated carbocycles. The summed E-state index contributed by atoms with van der Waals surface area (Å²) in [5, 5.41) is 3.86. The fraction of sp³-hybridized carbons (Fsp3) is 0.400. The lowest BCUT2D eigenvalue weighted by Crippen LogP contribution is -2.30. The highest BCUT2D eigenvalue weighted by Crippen LogP contribution is 2.25. The molecular formula is C10H11ClFN. The molecule has 2 rings (SSSR count). The van der Waals surface area contributed by atoms with E-state index in [1.165, 1.54) is 5.56 Å². The van der Waals surface area contributed by atoms with Crippen molar-refractivity contribution in [2.24, 2.45) is 0 Å². The number of rotatable bonds is 1. The van der Waals surface area contributed by atoms with Crippen LogP contribution < -0.4 is 5.32 Å². The van der Waals surface area contributed by atoms with E-state index in [4.69, 9.17) is 11.6 Å². The first kappa shape index (κ1) is 8.97. The Morgan fingerprint density at radius 3 is 3.15 bits per heavy atom. The van der Waals surface area contributed by atoms with Crippen LogP contribution in [0, 0.1) is 0 Å². The van der Waals surface area contributed by atoms with Gasteiger partial charge in [0.05, 0.1) is 6.04 Å². The van der Waals surface area contributed by atoms with Crippen LogP contribution in [0.25, 0.3) is 0 Å². The first-order valence-electron chi connectivity index (χ1n) is 4.39. The van der Waals surface area contributed by atoms with E-state index in [1.54, 1.807) is 0 Å². The Bertz CT molecular complexity index is 314. The number of hydrogen-bond acceptors (Lipinski definition) is 1. The fourth-order valence-electron chi connectivity index (χ4n) is 1.76. The zero-order valence-corrected chi connectivity index (χ0v) is 7.94. The summed E-state index contributed by atoms with van der Waals surface area (Å²) in [7, 11) is 0. The van der Waals surface area contributed by atoms with Crippen LogP contribution in [-0.2, 0) is 6.42 Å². The normalized spacial score (nSPS) is 21.2. The van der Waals surface area contributed by atoms with Gasteiger partial charge in [0.15, 0.2) is 0 Å². The van der Waals surface area contributed by atoms with Crippen LogP contribution in [0.15, 0.2) is 18.2 Å². The molecule has 0 aromatic heterocycles. The fourth-order valence-corrected chi connectivity index (χ4v) is 1.95. The van der Waals surface area contributed by atoms with E-state index in [-0.39, 0.29) is 12.7 Å². The number of benzene rings is 1. The molecule has 1 unspecified atom stereocenters. The van der Waals surface area contributed by atoms with Crippen molar-refractivity contribution in [3.05, 3.63) is 34.3 Å². The molecule has 13 heavy (non-hydrogen) atoms. The van der Waals surface area contributed by atoms with Gasteiger partial charge < -0.3 is 5.32 Å². The Balaban J connectivity index is 2.40. The smallest absolute Gasteiger partial charge is 0.109 e. The lowest BCUT2D eigenvalue weighted by atomic mass is 9.95. The molecule has 1 aromatic rings. The second-order valence-electron chi connectivity index (χ2n) is 3.25. The lowest BCUT2D eigenvalue weighted by Gasteiger charge is -2.24. The van der Waals surface area contributed by atoms with E-state index >= 15 is 0 Å². The molecule has 0 radical (unpaired) electrons. The Labute approximate surface area is 81.9 Å². The molecule has 0 fully saturated rings. The van der Waals surface area contributed by atoms with Gasteiger partial charge in [-0.1, -0.05) is 17.7 Å². The topological polar surface area (TPSA) is 12.0 Å². The molecule has 0 aliphatic carbocycles. The molecule has 1 aromatic carbocycles. The SMILES string of the molecule is FCC1NCCc2cc(Cl)ccc21. The van der Waals surface area contributed by atoms with Crippen molar-refractivity contribution >= 4 is 11.6 Å². The highest BCUT2D eigenvalue weighted by atomic mass is 35.5. The number of halogens is 2. The Kier molecular flexibility index (Phi) is 2.51. The van der Waals surface area contributed by atoms with Gasteiger partial charge in [-0.05, 0) is 36.2 Å². The molecule has 0 bridgehead atoms. The van der Waals surface area contributed by atoms with Crippen LogP contribution in [0.1, 0.15) is 17.2 Å². The lowest BCUT2D eigenvalue weighted by molar-refractivity contribution is 0.371. The highest BCUT2D eigenvalue weighted by Gasteiger charge is 2.18. The van der Waals surface area contributed by atoms with Gasteiger partial charge in [-0.15, -0.1) is 0 Å². The van der Waals surface area contributed by atoms with Crippen molar-refractivity contribution < 1.29 is 4.39 Å². The Hall–Kier alpha value is -0.600. The zero-order valence-electron chi connectivity index (χ0n) is 7.19. The van der Waals surface area contributed by atoms with Crippen LogP contribution >= 0.6 is 11.6 Å². The van der Waals surface area contributed by atoms with Crippen LogP contribution in [0.4, 0.5) is 4.39 Å². The predicted octanol–water partition coefficient (Wildman–Crippen LogP) is 2.50. The molecule has 1 aliphatic rings. The summed E-state index contributed by atoms with van der Waals surface area (Å²) in [6, 6.07) is 5.52. The molecule has 70 valence electrons. The number of nitrogens with one attached hydrogen (secondary N) is 1. The third-order valence-corrected chi connectivity index (χ3v) is 2.65. The maximum Gasteiger partial charge on any atom is 0.109 e. The Morgan fingerprint density at radius 1 is 1.54 bits per heavy atom. The Morgan fingerprint density at radius 2 is 2.38 bits per heavy atom. The summed E-state index contributed by atoms with van der Waals surface area (Å²) in [6.07, 6.45) is 0.937. The van der Waals surface area contributed by atoms with Gasteiger partial charge in [0.2, 0.25) is 0 Å². The van der Waals surface area contributed by atoms with Crippen LogP contribution in [0.2, 0.25) is 5.02 Å². The summed E-state index contributed by atoms with van der Waals surface area (Å²) < 4.78 is 12.6. The standard InChI is InChI=1S/C10H11ClFN/c11-8-1-2-9-7(5-8)3-4-13-10(9)6-12/h1-2,5,10,13H,3-4,6H2. The largest absolute Gasteiger partial charge is 0.307 e. The van der Waals surface area contributed by atoms with Crippen molar-refractivity contribution in [3.8, 4) is 0 Å². The molecule has 1 N–H and O–H groups in total. The maximum atomic E-state index is 12.6. The van der Waals surface area contributed by atoms with Crippen LogP contribution in [0.5, 0.6) is 0 Å². The van der Waals surface area contributed by atoms with E-state index in [1.807, 2.05) is 18.2 Å². The van der Waals surface area contributed by atoms with Gasteiger partial charge in [-0.2, -0.15) is 0 Å². The van der Waals surface area contributed by atoms with Crippen molar-refractivity contribution in [1.82, 2.24) is 5.32 Å². The van der Waals surface area contributed by atoms with Crippen molar-refractivity contribution in [3.63, 3.8) is 0 Å². The average Bonchev–Trinajstić information content (AvgIpc) is 2.16. The summed E-state index contributed by atoms with van der Waals surface area (Å²) >= 11 is 5.85. The number of alkyl halides is 1. The summed E-state index contributed by atoms with van der Waals surface area (Å²) in [4.78, 5) is 0. The van der Waals surface area contributed by atoms with Gasteiger partial charge in [0.1, 0.15) is 6.67 Å². The second-order valence-corrected chi connectivity index (χ2v) is 3.69. The average molecular weight is 200 g/mol. The van der Waals surface area contributed by atoms with Crippen molar-refractivity contribution in [2.75, 3.05) is 13.2 Å². The molecule has 0 saturated heterocycles. The van der Waals surface area contributed by atoms with Gasteiger partial charge >= 0.3 is 0 Å². The highest BCUT2D eigenvalue weighted by molar-refractivity contribution is 6.30. The first-order chi connectivity index (χ1) is 6.31. The summed E-state index contributed by atoms with van der Waals surface area (Å²) in [5.74, 6) is 0. The van der Waals surface area contributed by atoms with Crippen molar-refractivity contribution in [1.29, 1.82) is 0 Å². The van der Waals surface area contributed by atoms with E-state index in [2.05, 4.69) is 5.32 Å². The second kappa shape index (κ2) is 3.64. The minimum absolute atomic E-state index is 0.138. The molecule has 0 amide bonds. The maximum absolute atomic E-state index is 12.6. The molecule has 1 atom stereocenters. The van der Waals surface area contributed by atoms with Crippen LogP contribution in [-0.4, -0.2) is 13.2 Å². The van der Waals surface area contributed by atoms with E-state index in [0.717, 1.165) is 23.6 Å². The molecule has 1 nitrogen and oxygen atoms in total. The molecule has 3 heteroatoms. The number of fused-ring (bicyclic) bond motifs is 1. The van der Waals surface area contributed by atoms with Gasteiger partial charge in [-0.3, -0.25) is 0 Å². The van der Waals surface area contributed by atoms with E-state index in [9.17, 15) is 4.39 Å².